The van der Waals surface area contributed by atoms with Crippen LogP contribution in [-0.4, -0.2) is 57.7 Å². The van der Waals surface area contributed by atoms with Crippen LogP contribution in [0.2, 0.25) is 0 Å². The first-order valence-electron chi connectivity index (χ1n) is 8.53. The van der Waals surface area contributed by atoms with Crippen molar-refractivity contribution in [1.29, 1.82) is 0 Å². The van der Waals surface area contributed by atoms with Crippen LogP contribution < -0.4 is 4.74 Å². The highest BCUT2D eigenvalue weighted by Gasteiger charge is 2.43. The van der Waals surface area contributed by atoms with Crippen molar-refractivity contribution >= 4 is 5.91 Å². The van der Waals surface area contributed by atoms with Crippen LogP contribution in [0.5, 0.6) is 5.88 Å². The van der Waals surface area contributed by atoms with Gasteiger partial charge in [0, 0.05) is 31.2 Å². The first-order chi connectivity index (χ1) is 12.3. The van der Waals surface area contributed by atoms with Gasteiger partial charge in [0.15, 0.2) is 0 Å². The first kappa shape index (κ1) is 16.0. The average Bonchev–Trinajstić information content (AvgIpc) is 3.10. The minimum absolute atomic E-state index is 0.0618. The number of nitrogens with zero attached hydrogens (tertiary/aromatic N) is 4. The van der Waals surface area contributed by atoms with E-state index in [1.165, 1.54) is 6.20 Å². The van der Waals surface area contributed by atoms with Crippen LogP contribution in [0, 0.1) is 5.92 Å². The average molecular weight is 340 g/mol. The summed E-state index contributed by atoms with van der Waals surface area (Å²) >= 11 is 0. The molecule has 2 fully saturated rings. The maximum absolute atomic E-state index is 12.8. The Balaban J connectivity index is 1.41. The zero-order chi connectivity index (χ0) is 17.1. The molecule has 7 heteroatoms. The van der Waals surface area contributed by atoms with Gasteiger partial charge >= 0.3 is 0 Å². The van der Waals surface area contributed by atoms with E-state index in [0.717, 1.165) is 12.8 Å². The van der Waals surface area contributed by atoms with E-state index in [1.807, 2.05) is 23.1 Å². The number of aromatic nitrogens is 3. The van der Waals surface area contributed by atoms with Gasteiger partial charge in [-0.3, -0.25) is 9.78 Å². The van der Waals surface area contributed by atoms with E-state index < -0.39 is 0 Å². The van der Waals surface area contributed by atoms with Crippen molar-refractivity contribution in [1.82, 2.24) is 19.9 Å². The molecule has 130 valence electrons. The molecule has 0 N–H and O–H groups in total. The summed E-state index contributed by atoms with van der Waals surface area (Å²) in [5, 5.41) is 0. The third-order valence-corrected chi connectivity index (χ3v) is 4.78. The lowest BCUT2D eigenvalue weighted by molar-refractivity contribution is -0.0450. The summed E-state index contributed by atoms with van der Waals surface area (Å²) in [6.07, 6.45) is 8.16. The quantitative estimate of drug-likeness (QED) is 0.841. The van der Waals surface area contributed by atoms with Crippen molar-refractivity contribution in [2.75, 3.05) is 19.8 Å². The lowest BCUT2D eigenvalue weighted by atomic mass is 10.1. The molecule has 0 bridgehead atoms. The van der Waals surface area contributed by atoms with E-state index in [4.69, 9.17) is 9.47 Å². The second-order valence-electron chi connectivity index (χ2n) is 6.38. The van der Waals surface area contributed by atoms with Gasteiger partial charge in [-0.1, -0.05) is 6.07 Å². The van der Waals surface area contributed by atoms with Gasteiger partial charge in [-0.25, -0.2) is 9.97 Å². The summed E-state index contributed by atoms with van der Waals surface area (Å²) in [7, 11) is 0. The number of fused-ring (bicyclic) bond motifs is 1. The van der Waals surface area contributed by atoms with Crippen LogP contribution in [0.3, 0.4) is 0 Å². The summed E-state index contributed by atoms with van der Waals surface area (Å²) < 4.78 is 11.7. The van der Waals surface area contributed by atoms with Gasteiger partial charge in [-0.05, 0) is 24.8 Å². The number of hydrogen-bond donors (Lipinski definition) is 0. The van der Waals surface area contributed by atoms with Gasteiger partial charge in [0.25, 0.3) is 5.91 Å². The normalized spacial score (nSPS) is 25.4. The van der Waals surface area contributed by atoms with Gasteiger partial charge in [-0.2, -0.15) is 0 Å². The Labute approximate surface area is 146 Å². The molecule has 1 saturated carbocycles. The van der Waals surface area contributed by atoms with Crippen LogP contribution in [-0.2, 0) is 4.74 Å². The highest BCUT2D eigenvalue weighted by molar-refractivity contribution is 5.92. The van der Waals surface area contributed by atoms with Gasteiger partial charge in [0.05, 0.1) is 31.6 Å². The van der Waals surface area contributed by atoms with Crippen LogP contribution in [0.15, 0.2) is 43.0 Å². The molecule has 0 radical (unpaired) electrons. The van der Waals surface area contributed by atoms with Gasteiger partial charge < -0.3 is 14.4 Å². The van der Waals surface area contributed by atoms with Crippen molar-refractivity contribution < 1.29 is 14.3 Å². The molecule has 3 heterocycles. The molecule has 1 amide bonds. The molecule has 25 heavy (non-hydrogen) atoms. The molecule has 4 rings (SSSR count). The maximum Gasteiger partial charge on any atom is 0.274 e. The summed E-state index contributed by atoms with van der Waals surface area (Å²) in [6.45, 7) is 1.73. The SMILES string of the molecule is O=C(c1cnccn1)N1CCO[C@H]2C[C@H](COc3ccccn3)C[C@@H]21. The number of amides is 1. The van der Waals surface area contributed by atoms with Gasteiger partial charge in [-0.15, -0.1) is 0 Å². The van der Waals surface area contributed by atoms with Gasteiger partial charge in [0.1, 0.15) is 5.69 Å². The van der Waals surface area contributed by atoms with Crippen LogP contribution in [0.25, 0.3) is 0 Å². The number of hydrogen-bond acceptors (Lipinski definition) is 6. The van der Waals surface area contributed by atoms with Gasteiger partial charge in [0.2, 0.25) is 5.88 Å². The molecule has 1 saturated heterocycles. The zero-order valence-electron chi connectivity index (χ0n) is 13.8. The second kappa shape index (κ2) is 7.14. The van der Waals surface area contributed by atoms with Crippen molar-refractivity contribution in [2.45, 2.75) is 25.0 Å². The minimum atomic E-state index is -0.0716. The second-order valence-corrected chi connectivity index (χ2v) is 6.38. The molecule has 2 aromatic heterocycles. The highest BCUT2D eigenvalue weighted by Crippen LogP contribution is 2.35. The molecular weight excluding hydrogens is 320 g/mol. The Morgan fingerprint density at radius 3 is 3.00 bits per heavy atom. The molecule has 1 aliphatic heterocycles. The minimum Gasteiger partial charge on any atom is -0.477 e. The third kappa shape index (κ3) is 3.46. The summed E-state index contributed by atoms with van der Waals surface area (Å²) in [4.78, 5) is 27.0. The summed E-state index contributed by atoms with van der Waals surface area (Å²) in [5.41, 5.74) is 0.385. The zero-order valence-corrected chi connectivity index (χ0v) is 13.8. The van der Waals surface area contributed by atoms with E-state index in [1.54, 1.807) is 18.6 Å². The molecule has 2 aromatic rings. The van der Waals surface area contributed by atoms with E-state index in [0.29, 0.717) is 37.3 Å². The number of pyridine rings is 1. The van der Waals surface area contributed by atoms with Crippen molar-refractivity contribution in [2.24, 2.45) is 5.92 Å². The molecule has 1 aliphatic carbocycles. The Morgan fingerprint density at radius 2 is 2.20 bits per heavy atom. The Bertz CT molecular complexity index is 713. The van der Waals surface area contributed by atoms with Crippen molar-refractivity contribution in [3.8, 4) is 5.88 Å². The number of carbonyl (C=O) groups is 1. The number of carbonyl (C=O) groups excluding carboxylic acids is 1. The van der Waals surface area contributed by atoms with E-state index in [-0.39, 0.29) is 18.1 Å². The predicted octanol–water partition coefficient (Wildman–Crippen LogP) is 1.57. The largest absolute Gasteiger partial charge is 0.477 e. The lowest BCUT2D eigenvalue weighted by Crippen LogP contribution is -2.51. The number of morpholine rings is 1. The van der Waals surface area contributed by atoms with Crippen molar-refractivity contribution in [3.05, 3.63) is 48.7 Å². The van der Waals surface area contributed by atoms with Crippen molar-refractivity contribution in [3.63, 3.8) is 0 Å². The summed E-state index contributed by atoms with van der Waals surface area (Å²) in [5.74, 6) is 0.899. The maximum atomic E-state index is 12.8. The fourth-order valence-electron chi connectivity index (χ4n) is 3.63. The molecule has 0 unspecified atom stereocenters. The van der Waals surface area contributed by atoms with Crippen LogP contribution >= 0.6 is 0 Å². The molecule has 3 atom stereocenters. The predicted molar refractivity (Wildman–Crippen MR) is 89.1 cm³/mol. The lowest BCUT2D eigenvalue weighted by Gasteiger charge is -2.37. The molecule has 2 aliphatic rings. The van der Waals surface area contributed by atoms with Crippen LogP contribution in [0.1, 0.15) is 23.3 Å². The fraction of sp³-hybridized carbons (Fsp3) is 0.444. The van der Waals surface area contributed by atoms with Crippen LogP contribution in [0.4, 0.5) is 0 Å². The number of rotatable bonds is 4. The van der Waals surface area contributed by atoms with E-state index in [2.05, 4.69) is 15.0 Å². The monoisotopic (exact) mass is 340 g/mol. The molecule has 0 spiro atoms. The third-order valence-electron chi connectivity index (χ3n) is 4.78. The summed E-state index contributed by atoms with van der Waals surface area (Å²) in [6, 6.07) is 5.69. The first-order valence-corrected chi connectivity index (χ1v) is 8.53. The highest BCUT2D eigenvalue weighted by atomic mass is 16.5. The Kier molecular flexibility index (Phi) is 4.56. The standard InChI is InChI=1S/C18H20N4O3/c23-18(14-11-19-5-6-20-14)22-7-8-24-16-10-13(9-15(16)22)12-25-17-3-1-2-4-21-17/h1-6,11,13,15-16H,7-10,12H2/t13-,15+,16+/m1/s1. The molecule has 0 aromatic carbocycles. The van der Waals surface area contributed by atoms with E-state index in [9.17, 15) is 4.79 Å². The smallest absolute Gasteiger partial charge is 0.274 e. The fourth-order valence-corrected chi connectivity index (χ4v) is 3.63. The van der Waals surface area contributed by atoms with E-state index >= 15 is 0 Å². The molecule has 7 nitrogen and oxygen atoms in total. The topological polar surface area (TPSA) is 77.4 Å². The Morgan fingerprint density at radius 1 is 1.24 bits per heavy atom. The molecular formula is C18H20N4O3. The number of ether oxygens (including phenoxy) is 2. The Hall–Kier alpha value is -2.54.